The van der Waals surface area contributed by atoms with Gasteiger partial charge in [-0.2, -0.15) is 5.26 Å². The van der Waals surface area contributed by atoms with E-state index in [0.717, 1.165) is 0 Å². The maximum atomic E-state index is 12.1. The van der Waals surface area contributed by atoms with E-state index in [1.807, 2.05) is 18.2 Å². The summed E-state index contributed by atoms with van der Waals surface area (Å²) in [4.78, 5) is 12.1. The van der Waals surface area contributed by atoms with Gasteiger partial charge in [0.05, 0.1) is 11.6 Å². The first-order valence-electron chi connectivity index (χ1n) is 5.73. The minimum Gasteiger partial charge on any atom is -0.423 e. The molecule has 3 heteroatoms. The second-order valence-corrected chi connectivity index (χ2v) is 3.76. The molecule has 0 atom stereocenters. The molecule has 0 heterocycles. The van der Waals surface area contributed by atoms with Gasteiger partial charge in [-0.15, -0.1) is 0 Å². The third kappa shape index (κ3) is 3.30. The molecule has 0 bridgehead atoms. The number of hydrogen-bond acceptors (Lipinski definition) is 3. The summed E-state index contributed by atoms with van der Waals surface area (Å²) in [5, 5.41) is 8.78. The molecule has 2 aromatic carbocycles. The summed E-state index contributed by atoms with van der Waals surface area (Å²) < 4.78 is 5.23. The van der Waals surface area contributed by atoms with E-state index in [1.165, 1.54) is 6.08 Å². The third-order valence-electron chi connectivity index (χ3n) is 2.47. The molecule has 0 radical (unpaired) electrons. The first-order chi connectivity index (χ1) is 9.31. The van der Waals surface area contributed by atoms with Crippen LogP contribution in [0.1, 0.15) is 5.56 Å². The SMILES string of the molecule is N#CC=C(C(=O)Oc1ccccc1)c1ccccc1. The van der Waals surface area contributed by atoms with Crippen LogP contribution < -0.4 is 4.74 Å². The van der Waals surface area contributed by atoms with Crippen molar-refractivity contribution in [1.82, 2.24) is 0 Å². The van der Waals surface area contributed by atoms with Crippen LogP contribution in [-0.4, -0.2) is 5.97 Å². The number of hydrogen-bond donors (Lipinski definition) is 0. The molecule has 0 N–H and O–H groups in total. The summed E-state index contributed by atoms with van der Waals surface area (Å²) in [6.45, 7) is 0. The molecule has 2 rings (SSSR count). The van der Waals surface area contributed by atoms with E-state index in [4.69, 9.17) is 10.00 Å². The molecule has 0 unspecified atom stereocenters. The molecule has 0 fully saturated rings. The number of allylic oxidation sites excluding steroid dienone is 1. The molecule has 92 valence electrons. The minimum absolute atomic E-state index is 0.243. The molecule has 0 aromatic heterocycles. The topological polar surface area (TPSA) is 50.1 Å². The van der Waals surface area contributed by atoms with Gasteiger partial charge in [0.2, 0.25) is 0 Å². The van der Waals surface area contributed by atoms with Crippen molar-refractivity contribution in [2.45, 2.75) is 0 Å². The summed E-state index contributed by atoms with van der Waals surface area (Å²) in [6, 6.07) is 19.6. The summed E-state index contributed by atoms with van der Waals surface area (Å²) in [7, 11) is 0. The predicted octanol–water partition coefficient (Wildman–Crippen LogP) is 3.20. The molecular formula is C16H11NO2. The lowest BCUT2D eigenvalue weighted by Gasteiger charge is -2.07. The molecular weight excluding hydrogens is 238 g/mol. The average Bonchev–Trinajstić information content (AvgIpc) is 2.46. The molecule has 0 saturated heterocycles. The Morgan fingerprint density at radius 2 is 1.58 bits per heavy atom. The Morgan fingerprint density at radius 1 is 1.00 bits per heavy atom. The Kier molecular flexibility index (Phi) is 4.09. The van der Waals surface area contributed by atoms with E-state index in [-0.39, 0.29) is 5.57 Å². The lowest BCUT2D eigenvalue weighted by atomic mass is 10.1. The van der Waals surface area contributed by atoms with Crippen molar-refractivity contribution in [3.8, 4) is 11.8 Å². The Labute approximate surface area is 111 Å². The zero-order valence-electron chi connectivity index (χ0n) is 10.1. The van der Waals surface area contributed by atoms with Crippen molar-refractivity contribution in [1.29, 1.82) is 5.26 Å². The van der Waals surface area contributed by atoms with Crippen molar-refractivity contribution in [2.24, 2.45) is 0 Å². The number of esters is 1. The second kappa shape index (κ2) is 6.18. The Hall–Kier alpha value is -2.86. The number of ether oxygens (including phenoxy) is 1. The minimum atomic E-state index is -0.543. The zero-order valence-corrected chi connectivity index (χ0v) is 10.1. The molecule has 3 nitrogen and oxygen atoms in total. The second-order valence-electron chi connectivity index (χ2n) is 3.76. The largest absolute Gasteiger partial charge is 0.423 e. The monoisotopic (exact) mass is 249 g/mol. The van der Waals surface area contributed by atoms with E-state index in [9.17, 15) is 4.79 Å². The summed E-state index contributed by atoms with van der Waals surface area (Å²) >= 11 is 0. The van der Waals surface area contributed by atoms with Gasteiger partial charge in [-0.3, -0.25) is 0 Å². The maximum Gasteiger partial charge on any atom is 0.344 e. The van der Waals surface area contributed by atoms with Crippen molar-refractivity contribution in [2.75, 3.05) is 0 Å². The van der Waals surface area contributed by atoms with Gasteiger partial charge in [-0.05, 0) is 17.7 Å². The Bertz CT molecular complexity index is 625. The highest BCUT2D eigenvalue weighted by Gasteiger charge is 2.14. The molecule has 0 spiro atoms. The van der Waals surface area contributed by atoms with Crippen LogP contribution in [0.25, 0.3) is 5.57 Å². The van der Waals surface area contributed by atoms with Crippen LogP contribution in [0.3, 0.4) is 0 Å². The smallest absolute Gasteiger partial charge is 0.344 e. The van der Waals surface area contributed by atoms with Gasteiger partial charge in [0.1, 0.15) is 5.75 Å². The van der Waals surface area contributed by atoms with E-state index in [1.54, 1.807) is 48.5 Å². The first kappa shape index (κ1) is 12.6. The number of nitrogens with zero attached hydrogens (tertiary/aromatic N) is 1. The number of carbonyl (C=O) groups is 1. The Morgan fingerprint density at radius 3 is 2.16 bits per heavy atom. The lowest BCUT2D eigenvalue weighted by Crippen LogP contribution is -2.10. The van der Waals surface area contributed by atoms with Crippen LogP contribution in [0, 0.1) is 11.3 Å². The highest BCUT2D eigenvalue weighted by atomic mass is 16.5. The molecule has 0 amide bonds. The maximum absolute atomic E-state index is 12.1. The third-order valence-corrected chi connectivity index (χ3v) is 2.47. The lowest BCUT2D eigenvalue weighted by molar-refractivity contribution is -0.127. The molecule has 0 aliphatic rings. The van der Waals surface area contributed by atoms with Crippen LogP contribution in [0.2, 0.25) is 0 Å². The standard InChI is InChI=1S/C16H11NO2/c17-12-11-15(13-7-3-1-4-8-13)16(18)19-14-9-5-2-6-10-14/h1-11H. The molecule has 0 aliphatic heterocycles. The number of carbonyl (C=O) groups excluding carboxylic acids is 1. The Balaban J connectivity index is 2.25. The number of nitriles is 1. The summed E-state index contributed by atoms with van der Waals surface area (Å²) in [5.41, 5.74) is 0.900. The van der Waals surface area contributed by atoms with Crippen LogP contribution in [-0.2, 0) is 4.79 Å². The molecule has 2 aromatic rings. The fourth-order valence-corrected chi connectivity index (χ4v) is 1.59. The highest BCUT2D eigenvalue weighted by molar-refractivity contribution is 6.17. The van der Waals surface area contributed by atoms with Crippen LogP contribution >= 0.6 is 0 Å². The fraction of sp³-hybridized carbons (Fsp3) is 0. The predicted molar refractivity (Wildman–Crippen MR) is 72.1 cm³/mol. The van der Waals surface area contributed by atoms with Gasteiger partial charge in [0.25, 0.3) is 0 Å². The average molecular weight is 249 g/mol. The van der Waals surface area contributed by atoms with Crippen molar-refractivity contribution in [3.63, 3.8) is 0 Å². The fourth-order valence-electron chi connectivity index (χ4n) is 1.59. The van der Waals surface area contributed by atoms with Gasteiger partial charge in [0.15, 0.2) is 0 Å². The normalized spacial score (nSPS) is 10.6. The first-order valence-corrected chi connectivity index (χ1v) is 5.73. The van der Waals surface area contributed by atoms with Gasteiger partial charge >= 0.3 is 5.97 Å². The van der Waals surface area contributed by atoms with E-state index in [2.05, 4.69) is 0 Å². The highest BCUT2D eigenvalue weighted by Crippen LogP contribution is 2.18. The number of para-hydroxylation sites is 1. The van der Waals surface area contributed by atoms with E-state index in [0.29, 0.717) is 11.3 Å². The van der Waals surface area contributed by atoms with E-state index < -0.39 is 5.97 Å². The number of rotatable bonds is 3. The van der Waals surface area contributed by atoms with Crippen molar-refractivity contribution < 1.29 is 9.53 Å². The summed E-state index contributed by atoms with van der Waals surface area (Å²) in [5.74, 6) is -0.0915. The van der Waals surface area contributed by atoms with Gasteiger partial charge in [0, 0.05) is 6.08 Å². The van der Waals surface area contributed by atoms with Crippen LogP contribution in [0.5, 0.6) is 5.75 Å². The quantitative estimate of drug-likeness (QED) is 0.363. The van der Waals surface area contributed by atoms with Gasteiger partial charge < -0.3 is 4.74 Å². The molecule has 0 aliphatic carbocycles. The van der Waals surface area contributed by atoms with Crippen molar-refractivity contribution in [3.05, 3.63) is 72.3 Å². The van der Waals surface area contributed by atoms with Gasteiger partial charge in [-0.1, -0.05) is 48.5 Å². The zero-order chi connectivity index (χ0) is 13.5. The van der Waals surface area contributed by atoms with Crippen molar-refractivity contribution >= 4 is 11.5 Å². The number of benzene rings is 2. The summed E-state index contributed by atoms with van der Waals surface area (Å²) in [6.07, 6.45) is 1.20. The van der Waals surface area contributed by atoms with Gasteiger partial charge in [-0.25, -0.2) is 4.79 Å². The molecule has 19 heavy (non-hydrogen) atoms. The van der Waals surface area contributed by atoms with Crippen LogP contribution in [0.4, 0.5) is 0 Å². The van der Waals surface area contributed by atoms with Crippen LogP contribution in [0.15, 0.2) is 66.7 Å². The molecule has 0 saturated carbocycles. The van der Waals surface area contributed by atoms with E-state index >= 15 is 0 Å².